The van der Waals surface area contributed by atoms with Gasteiger partial charge in [-0.25, -0.2) is 4.98 Å². The molecule has 1 aromatic heterocycles. The average Bonchev–Trinajstić information content (AvgIpc) is 3.12. The van der Waals surface area contributed by atoms with Gasteiger partial charge in [0.15, 0.2) is 5.78 Å². The highest BCUT2D eigenvalue weighted by Gasteiger charge is 2.20. The number of anilines is 1. The summed E-state index contributed by atoms with van der Waals surface area (Å²) in [5.41, 5.74) is 2.19. The molecule has 0 aliphatic carbocycles. The van der Waals surface area contributed by atoms with Crippen LogP contribution in [-0.2, 0) is 11.3 Å². The molecule has 1 fully saturated rings. The Morgan fingerprint density at radius 2 is 1.69 bits per heavy atom. The summed E-state index contributed by atoms with van der Waals surface area (Å²) in [6.45, 7) is 6.20. The molecular weight excluding hydrogens is 384 g/mol. The Morgan fingerprint density at radius 3 is 2.45 bits per heavy atom. The van der Waals surface area contributed by atoms with Crippen LogP contribution in [0.4, 0.5) is 5.69 Å². The lowest BCUT2D eigenvalue weighted by Gasteiger charge is -2.33. The monoisotopic (exact) mass is 408 g/mol. The molecule has 0 bridgehead atoms. The summed E-state index contributed by atoms with van der Waals surface area (Å²) in [6.07, 6.45) is 0. The lowest BCUT2D eigenvalue weighted by atomic mass is 10.1. The zero-order valence-electron chi connectivity index (χ0n) is 16.4. The van der Waals surface area contributed by atoms with Gasteiger partial charge in [-0.05, 0) is 31.2 Å². The Labute approximate surface area is 174 Å². The second-order valence-corrected chi connectivity index (χ2v) is 8.39. The van der Waals surface area contributed by atoms with Gasteiger partial charge in [0.2, 0.25) is 5.91 Å². The molecule has 0 atom stereocenters. The number of amides is 1. The van der Waals surface area contributed by atoms with E-state index in [9.17, 15) is 9.59 Å². The van der Waals surface area contributed by atoms with Gasteiger partial charge in [-0.15, -0.1) is 11.3 Å². The van der Waals surface area contributed by atoms with Gasteiger partial charge in [-0.2, -0.15) is 0 Å². The first-order valence-corrected chi connectivity index (χ1v) is 10.6. The van der Waals surface area contributed by atoms with Crippen LogP contribution in [0, 0.1) is 0 Å². The largest absolute Gasteiger partial charge is 0.324 e. The highest BCUT2D eigenvalue weighted by atomic mass is 32.1. The molecule has 1 aliphatic rings. The Kier molecular flexibility index (Phi) is 5.99. The van der Waals surface area contributed by atoms with Crippen LogP contribution in [0.1, 0.15) is 22.3 Å². The minimum Gasteiger partial charge on any atom is -0.324 e. The lowest BCUT2D eigenvalue weighted by molar-refractivity contribution is -0.117. The first-order chi connectivity index (χ1) is 14.1. The lowest BCUT2D eigenvalue weighted by Crippen LogP contribution is -2.48. The number of nitrogens with one attached hydrogen (secondary N) is 1. The van der Waals surface area contributed by atoms with Gasteiger partial charge >= 0.3 is 0 Å². The molecular formula is C22H24N4O2S. The second kappa shape index (κ2) is 8.82. The van der Waals surface area contributed by atoms with Crippen molar-refractivity contribution in [3.63, 3.8) is 0 Å². The number of hydrogen-bond donors (Lipinski definition) is 1. The normalized spacial score (nSPS) is 15.5. The zero-order valence-corrected chi connectivity index (χ0v) is 17.2. The van der Waals surface area contributed by atoms with Crippen molar-refractivity contribution in [2.45, 2.75) is 13.5 Å². The molecule has 1 amide bonds. The second-order valence-electron chi connectivity index (χ2n) is 7.28. The number of carbonyl (C=O) groups is 2. The van der Waals surface area contributed by atoms with Crippen molar-refractivity contribution in [1.82, 2.24) is 14.8 Å². The summed E-state index contributed by atoms with van der Waals surface area (Å²) < 4.78 is 1.23. The predicted molar refractivity (Wildman–Crippen MR) is 116 cm³/mol. The number of aromatic nitrogens is 1. The van der Waals surface area contributed by atoms with E-state index in [4.69, 9.17) is 4.98 Å². The van der Waals surface area contributed by atoms with Crippen molar-refractivity contribution in [3.05, 3.63) is 59.1 Å². The maximum atomic E-state index is 12.4. The van der Waals surface area contributed by atoms with E-state index in [1.165, 1.54) is 11.6 Å². The molecule has 3 aromatic rings. The fraction of sp³-hybridized carbons (Fsp3) is 0.318. The van der Waals surface area contributed by atoms with Gasteiger partial charge in [-0.1, -0.05) is 24.3 Å². The summed E-state index contributed by atoms with van der Waals surface area (Å²) in [6, 6.07) is 15.4. The number of ketones is 1. The number of benzene rings is 2. The number of Topliss-reactive ketones (excluding diaryl/α,β-unsaturated/α-hetero) is 1. The Balaban J connectivity index is 1.27. The van der Waals surface area contributed by atoms with Crippen molar-refractivity contribution in [2.75, 3.05) is 38.0 Å². The molecule has 6 nitrogen and oxygen atoms in total. The van der Waals surface area contributed by atoms with E-state index in [-0.39, 0.29) is 11.7 Å². The first kappa shape index (κ1) is 19.7. The number of rotatable bonds is 6. The van der Waals surface area contributed by atoms with Crippen molar-refractivity contribution in [3.8, 4) is 0 Å². The molecule has 2 heterocycles. The molecule has 0 radical (unpaired) electrons. The SMILES string of the molecule is CC(=O)c1ccccc1NC(=O)CN1CCN(Cc2nc3ccccc3s2)CC1. The van der Waals surface area contributed by atoms with E-state index in [0.717, 1.165) is 43.2 Å². The summed E-state index contributed by atoms with van der Waals surface area (Å²) in [4.78, 5) is 33.4. The van der Waals surface area contributed by atoms with Gasteiger partial charge in [0, 0.05) is 31.7 Å². The fourth-order valence-electron chi connectivity index (χ4n) is 3.58. The fourth-order valence-corrected chi connectivity index (χ4v) is 4.59. The Bertz CT molecular complexity index is 991. The summed E-state index contributed by atoms with van der Waals surface area (Å²) in [5, 5.41) is 4.02. The number of para-hydroxylation sites is 2. The van der Waals surface area contributed by atoms with Crippen LogP contribution in [0.2, 0.25) is 0 Å². The number of piperazine rings is 1. The van der Waals surface area contributed by atoms with Crippen LogP contribution in [0.25, 0.3) is 10.2 Å². The maximum absolute atomic E-state index is 12.4. The molecule has 1 saturated heterocycles. The van der Waals surface area contributed by atoms with E-state index in [1.54, 1.807) is 29.5 Å². The van der Waals surface area contributed by atoms with E-state index < -0.39 is 0 Å². The number of thiazole rings is 1. The Hall–Kier alpha value is -2.61. The quantitative estimate of drug-likeness (QED) is 0.634. The van der Waals surface area contributed by atoms with Gasteiger partial charge < -0.3 is 5.32 Å². The number of carbonyl (C=O) groups excluding carboxylic acids is 2. The van der Waals surface area contributed by atoms with Crippen LogP contribution < -0.4 is 5.32 Å². The molecule has 0 saturated carbocycles. The zero-order chi connectivity index (χ0) is 20.2. The topological polar surface area (TPSA) is 65.5 Å². The van der Waals surface area contributed by atoms with Crippen molar-refractivity contribution in [2.24, 2.45) is 0 Å². The third kappa shape index (κ3) is 4.87. The van der Waals surface area contributed by atoms with Gasteiger partial charge in [0.05, 0.1) is 29.0 Å². The number of nitrogens with zero attached hydrogens (tertiary/aromatic N) is 3. The third-order valence-electron chi connectivity index (χ3n) is 5.11. The molecule has 7 heteroatoms. The molecule has 0 spiro atoms. The number of fused-ring (bicyclic) bond motifs is 1. The highest BCUT2D eigenvalue weighted by molar-refractivity contribution is 7.18. The smallest absolute Gasteiger partial charge is 0.238 e. The van der Waals surface area contributed by atoms with Crippen LogP contribution in [-0.4, -0.2) is 59.2 Å². The predicted octanol–water partition coefficient (Wildman–Crippen LogP) is 3.26. The standard InChI is InChI=1S/C22H24N4O2S/c1-16(27)17-6-2-3-7-18(17)23-21(28)14-25-10-12-26(13-11-25)15-22-24-19-8-4-5-9-20(19)29-22/h2-9H,10-15H2,1H3,(H,23,28). The van der Waals surface area contributed by atoms with Crippen LogP contribution in [0.5, 0.6) is 0 Å². The molecule has 1 aliphatic heterocycles. The van der Waals surface area contributed by atoms with E-state index in [1.807, 2.05) is 18.2 Å². The Morgan fingerprint density at radius 1 is 1.00 bits per heavy atom. The van der Waals surface area contributed by atoms with E-state index in [0.29, 0.717) is 17.8 Å². The van der Waals surface area contributed by atoms with Gasteiger partial charge in [0.1, 0.15) is 5.01 Å². The van der Waals surface area contributed by atoms with Crippen molar-refractivity contribution in [1.29, 1.82) is 0 Å². The summed E-state index contributed by atoms with van der Waals surface area (Å²) in [7, 11) is 0. The minimum absolute atomic E-state index is 0.0515. The molecule has 2 aromatic carbocycles. The first-order valence-electron chi connectivity index (χ1n) is 9.77. The van der Waals surface area contributed by atoms with Crippen LogP contribution in [0.3, 0.4) is 0 Å². The summed E-state index contributed by atoms with van der Waals surface area (Å²) >= 11 is 1.75. The third-order valence-corrected chi connectivity index (χ3v) is 6.13. The minimum atomic E-state index is -0.0849. The van der Waals surface area contributed by atoms with Crippen molar-refractivity contribution < 1.29 is 9.59 Å². The van der Waals surface area contributed by atoms with Crippen LogP contribution in [0.15, 0.2) is 48.5 Å². The number of hydrogen-bond acceptors (Lipinski definition) is 6. The highest BCUT2D eigenvalue weighted by Crippen LogP contribution is 2.23. The molecule has 0 unspecified atom stereocenters. The van der Waals surface area contributed by atoms with E-state index in [2.05, 4.69) is 27.2 Å². The average molecular weight is 409 g/mol. The molecule has 150 valence electrons. The van der Waals surface area contributed by atoms with Gasteiger partial charge in [-0.3, -0.25) is 19.4 Å². The molecule has 4 rings (SSSR count). The summed E-state index contributed by atoms with van der Waals surface area (Å²) in [5.74, 6) is -0.136. The van der Waals surface area contributed by atoms with Gasteiger partial charge in [0.25, 0.3) is 0 Å². The van der Waals surface area contributed by atoms with E-state index >= 15 is 0 Å². The maximum Gasteiger partial charge on any atom is 0.238 e. The molecule has 29 heavy (non-hydrogen) atoms. The van der Waals surface area contributed by atoms with Crippen molar-refractivity contribution >= 4 is 38.9 Å². The van der Waals surface area contributed by atoms with Crippen LogP contribution >= 0.6 is 11.3 Å². The molecule has 1 N–H and O–H groups in total.